The highest BCUT2D eigenvalue weighted by atomic mass is 32.2. The maximum atomic E-state index is 14.0. The first-order valence-electron chi connectivity index (χ1n) is 21.0. The minimum Gasteiger partial charge on any atom is -0.407 e. The molecule has 4 aromatic carbocycles. The highest BCUT2D eigenvalue weighted by Gasteiger charge is 2.50. The van der Waals surface area contributed by atoms with Gasteiger partial charge in [-0.1, -0.05) is 163 Å². The summed E-state index contributed by atoms with van der Waals surface area (Å²) in [6.45, 7) is 16.1. The van der Waals surface area contributed by atoms with E-state index in [-0.39, 0.29) is 38.7 Å². The van der Waals surface area contributed by atoms with E-state index in [0.29, 0.717) is 26.1 Å². The van der Waals surface area contributed by atoms with Crippen LogP contribution in [-0.2, 0) is 35.1 Å². The average Bonchev–Trinajstić information content (AvgIpc) is 3.24. The van der Waals surface area contributed by atoms with E-state index >= 15 is 0 Å². The molecule has 0 aliphatic heterocycles. The van der Waals surface area contributed by atoms with E-state index in [2.05, 4.69) is 100 Å². The molecule has 0 aliphatic rings. The third kappa shape index (κ3) is 13.7. The molecule has 0 bridgehead atoms. The molecule has 4 rings (SSSR count). The fourth-order valence-electron chi connectivity index (χ4n) is 7.68. The zero-order valence-electron chi connectivity index (χ0n) is 36.4. The minimum absolute atomic E-state index is 0.0780. The van der Waals surface area contributed by atoms with Gasteiger partial charge in [-0.3, -0.25) is 0 Å². The number of sulfone groups is 1. The van der Waals surface area contributed by atoms with Crippen LogP contribution in [0, 0.1) is 17.8 Å². The van der Waals surface area contributed by atoms with Gasteiger partial charge in [-0.15, -0.1) is 0 Å². The summed E-state index contributed by atoms with van der Waals surface area (Å²) in [5.41, 5.74) is 1.87. The summed E-state index contributed by atoms with van der Waals surface area (Å²) in [6, 6.07) is 40.1. The number of methoxy groups -OCH3 is 1. The molecule has 6 nitrogen and oxygen atoms in total. The van der Waals surface area contributed by atoms with Crippen LogP contribution < -0.4 is 10.4 Å². The number of ether oxygens (including phenoxy) is 2. The molecule has 0 aromatic heterocycles. The van der Waals surface area contributed by atoms with Crippen LogP contribution in [0.25, 0.3) is 0 Å². The largest absolute Gasteiger partial charge is 0.407 e. The Morgan fingerprint density at radius 1 is 0.746 bits per heavy atom. The van der Waals surface area contributed by atoms with Gasteiger partial charge in [0, 0.05) is 26.1 Å². The van der Waals surface area contributed by atoms with E-state index in [1.807, 2.05) is 45.0 Å². The molecule has 0 spiro atoms. The Hall–Kier alpha value is -4.18. The lowest BCUT2D eigenvalue weighted by atomic mass is 9.97. The van der Waals surface area contributed by atoms with Crippen LogP contribution in [0.2, 0.25) is 5.04 Å². The van der Waals surface area contributed by atoms with Crippen molar-refractivity contribution in [3.63, 3.8) is 0 Å². The Kier molecular flexibility index (Phi) is 18.5. The first kappa shape index (κ1) is 47.5. The first-order valence-corrected chi connectivity index (χ1v) is 24.4. The van der Waals surface area contributed by atoms with E-state index in [0.717, 1.165) is 30.3 Å². The van der Waals surface area contributed by atoms with Crippen LogP contribution in [0.4, 0.5) is 0 Å². The Labute approximate surface area is 356 Å². The molecule has 0 radical (unpaired) electrons. The highest BCUT2D eigenvalue weighted by Crippen LogP contribution is 2.37. The molecule has 0 N–H and O–H groups in total. The second-order valence-corrected chi connectivity index (χ2v) is 23.3. The molecule has 0 fully saturated rings. The van der Waals surface area contributed by atoms with E-state index in [1.54, 1.807) is 55.7 Å². The van der Waals surface area contributed by atoms with Crippen molar-refractivity contribution in [3.05, 3.63) is 162 Å². The monoisotopic (exact) mass is 834 g/mol. The lowest BCUT2D eigenvalue weighted by Gasteiger charge is -2.43. The number of rotatable bonds is 23. The maximum absolute atomic E-state index is 14.0. The second-order valence-electron chi connectivity index (χ2n) is 17.0. The molecular weight excluding hydrogens is 769 g/mol. The highest BCUT2D eigenvalue weighted by molar-refractivity contribution is 7.95. The predicted molar refractivity (Wildman–Crippen MR) is 246 cm³/mol. The quantitative estimate of drug-likeness (QED) is 0.0421. The van der Waals surface area contributed by atoms with Crippen LogP contribution in [0.1, 0.15) is 79.7 Å². The molecule has 0 aliphatic carbocycles. The molecule has 8 heteroatoms. The van der Waals surface area contributed by atoms with Crippen molar-refractivity contribution in [2.75, 3.05) is 13.7 Å². The number of allylic oxidation sites excluding steroid dienone is 4. The zero-order chi connectivity index (χ0) is 42.9. The van der Waals surface area contributed by atoms with Crippen molar-refractivity contribution < 1.29 is 27.1 Å². The number of hydrogen-bond acceptors (Lipinski definition) is 6. The number of aldehydes is 1. The zero-order valence-corrected chi connectivity index (χ0v) is 38.2. The molecule has 0 saturated heterocycles. The van der Waals surface area contributed by atoms with Crippen LogP contribution in [-0.4, -0.2) is 48.9 Å². The number of carbonyl (C=O) groups excluding carboxylic acids is 1. The Morgan fingerprint density at radius 2 is 1.29 bits per heavy atom. The molecule has 5 atom stereocenters. The lowest BCUT2D eigenvalue weighted by molar-refractivity contribution is -0.111. The number of carbonyl (C=O) groups is 1. The normalized spacial score (nSPS) is 15.7. The molecule has 4 aromatic rings. The van der Waals surface area contributed by atoms with Crippen molar-refractivity contribution in [2.24, 2.45) is 17.8 Å². The lowest BCUT2D eigenvalue weighted by Crippen LogP contribution is -2.66. The summed E-state index contributed by atoms with van der Waals surface area (Å²) in [6.07, 6.45) is 10.4. The van der Waals surface area contributed by atoms with Crippen molar-refractivity contribution in [1.29, 1.82) is 0 Å². The van der Waals surface area contributed by atoms with Gasteiger partial charge in [0.25, 0.3) is 8.32 Å². The van der Waals surface area contributed by atoms with Crippen molar-refractivity contribution >= 4 is 34.8 Å². The minimum atomic E-state index is -3.85. The first-order chi connectivity index (χ1) is 28.2. The predicted octanol–water partition coefficient (Wildman–Crippen LogP) is 10.7. The molecule has 0 saturated carbocycles. The van der Waals surface area contributed by atoms with Gasteiger partial charge in [0.15, 0.2) is 0 Å². The molecular formula is C51H66O6SSi. The van der Waals surface area contributed by atoms with Gasteiger partial charge >= 0.3 is 0 Å². The molecule has 0 heterocycles. The SMILES string of the molecule is CO[C@@H](C[C@H](CC[C@@H](C)CO[Si](c1ccccc1)(c1ccccc1)C(C)(C)C)OCc1ccccc1)/C(C)=C/C(=C/C=C/[C@@H](C)C[C@@H](C)C=O)S(=O)(=O)c1ccccc1. The third-order valence-corrected chi connectivity index (χ3v) is 17.8. The van der Waals surface area contributed by atoms with Gasteiger partial charge in [-0.05, 0) is 88.9 Å². The summed E-state index contributed by atoms with van der Waals surface area (Å²) in [4.78, 5) is 11.6. The smallest absolute Gasteiger partial charge is 0.261 e. The van der Waals surface area contributed by atoms with Gasteiger partial charge in [-0.2, -0.15) is 0 Å². The number of hydrogen-bond donors (Lipinski definition) is 0. The standard InChI is InChI=1S/C51H66O6SSi/c1-40(34-42(3)37-52)22-21-27-47(58(53,54)46-25-15-10-16-26-46)35-43(4)50(55-8)36-45(56-39-44-23-13-9-14-24-44)33-32-41(2)38-57-59(51(5,6)7,48-28-17-11-18-29-48)49-30-19-12-20-31-49/h9-31,35,37,40-42,45,50H,32-34,36,38-39H2,1-8H3/b22-21+,43-35+,47-27-/t40-,41-,42-,45+,50+/m1/s1. The van der Waals surface area contributed by atoms with Crippen LogP contribution in [0.3, 0.4) is 0 Å². The topological polar surface area (TPSA) is 78.9 Å². The fourth-order valence-corrected chi connectivity index (χ4v) is 13.8. The Balaban J connectivity index is 1.59. The van der Waals surface area contributed by atoms with Gasteiger partial charge in [-0.25, -0.2) is 8.42 Å². The average molecular weight is 835 g/mol. The second kappa shape index (κ2) is 23.0. The summed E-state index contributed by atoms with van der Waals surface area (Å²) in [5, 5.41) is 2.41. The third-order valence-electron chi connectivity index (χ3n) is 11.0. The molecule has 0 amide bonds. The summed E-state index contributed by atoms with van der Waals surface area (Å²) < 4.78 is 48.2. The van der Waals surface area contributed by atoms with Gasteiger partial charge in [0.2, 0.25) is 9.84 Å². The summed E-state index contributed by atoms with van der Waals surface area (Å²) >= 11 is 0. The van der Waals surface area contributed by atoms with E-state index in [4.69, 9.17) is 13.9 Å². The summed E-state index contributed by atoms with van der Waals surface area (Å²) in [5.74, 6) is 0.264. The van der Waals surface area contributed by atoms with Crippen molar-refractivity contribution in [3.8, 4) is 0 Å². The van der Waals surface area contributed by atoms with E-state index < -0.39 is 24.3 Å². The maximum Gasteiger partial charge on any atom is 0.261 e. The van der Waals surface area contributed by atoms with Crippen LogP contribution in [0.15, 0.2) is 161 Å². The van der Waals surface area contributed by atoms with Crippen LogP contribution in [0.5, 0.6) is 0 Å². The van der Waals surface area contributed by atoms with Crippen LogP contribution >= 0.6 is 0 Å². The van der Waals surface area contributed by atoms with Crippen molar-refractivity contribution in [1.82, 2.24) is 0 Å². The van der Waals surface area contributed by atoms with E-state index in [9.17, 15) is 13.2 Å². The Bertz CT molecular complexity index is 2000. The van der Waals surface area contributed by atoms with E-state index in [1.165, 1.54) is 10.4 Å². The molecule has 59 heavy (non-hydrogen) atoms. The van der Waals surface area contributed by atoms with Gasteiger partial charge < -0.3 is 18.7 Å². The molecule has 0 unspecified atom stereocenters. The number of benzene rings is 4. The summed E-state index contributed by atoms with van der Waals surface area (Å²) in [7, 11) is -4.87. The fraction of sp³-hybridized carbons (Fsp3) is 0.392. The molecule has 316 valence electrons. The van der Waals surface area contributed by atoms with Gasteiger partial charge in [0.1, 0.15) is 6.29 Å². The van der Waals surface area contributed by atoms with Crippen molar-refractivity contribution in [2.45, 2.75) is 103 Å². The Morgan fingerprint density at radius 3 is 1.81 bits per heavy atom. The van der Waals surface area contributed by atoms with Gasteiger partial charge in [0.05, 0.1) is 28.6 Å².